The van der Waals surface area contributed by atoms with Crippen LogP contribution in [-0.2, 0) is 16.6 Å². The van der Waals surface area contributed by atoms with Crippen LogP contribution >= 0.6 is 46.3 Å². The average Bonchev–Trinajstić information content (AvgIpc) is 3.56. The van der Waals surface area contributed by atoms with Crippen LogP contribution < -0.4 is 15.8 Å². The zero-order valence-corrected chi connectivity index (χ0v) is 25.7. The van der Waals surface area contributed by atoms with Crippen LogP contribution in [0.4, 0.5) is 11.4 Å². The van der Waals surface area contributed by atoms with E-state index in [2.05, 4.69) is 10.3 Å². The lowest BCUT2D eigenvalue weighted by Crippen LogP contribution is -2.35. The molecule has 2 amide bonds. The zero-order chi connectivity index (χ0) is 29.4. The number of carbonyl (C=O) groups is 2. The number of benzene rings is 2. The number of rotatable bonds is 6. The second-order valence-electron chi connectivity index (χ2n) is 9.33. The molecule has 4 aromatic rings. The van der Waals surface area contributed by atoms with Gasteiger partial charge in [0.05, 0.1) is 32.9 Å². The van der Waals surface area contributed by atoms with Gasteiger partial charge in [0.15, 0.2) is 5.17 Å². The summed E-state index contributed by atoms with van der Waals surface area (Å²) in [5.41, 5.74) is 3.28. The van der Waals surface area contributed by atoms with Crippen molar-refractivity contribution in [3.05, 3.63) is 102 Å². The number of amidine groups is 1. The quantitative estimate of drug-likeness (QED) is 0.245. The lowest BCUT2D eigenvalue weighted by molar-refractivity contribution is -0.114. The van der Waals surface area contributed by atoms with Gasteiger partial charge in [0.1, 0.15) is 11.4 Å². The molecular formula is C29H25Cl2N5O3S2. The van der Waals surface area contributed by atoms with Crippen molar-refractivity contribution in [2.75, 3.05) is 16.0 Å². The van der Waals surface area contributed by atoms with Gasteiger partial charge in [-0.2, -0.15) is 0 Å². The van der Waals surface area contributed by atoms with Gasteiger partial charge >= 0.3 is 0 Å². The molecule has 210 valence electrons. The SMILES string of the molecule is Cc1ccsc1/C=C1/N=C(SCC(=O)Nc2c(Cl)ccc(C)c2Cl)N(c2c(C)n(C)n(-c3ccccc3)c2=O)C1=O. The first kappa shape index (κ1) is 28.9. The van der Waals surface area contributed by atoms with E-state index in [0.29, 0.717) is 27.1 Å². The van der Waals surface area contributed by atoms with Gasteiger partial charge in [-0.05, 0) is 67.6 Å². The number of anilines is 2. The van der Waals surface area contributed by atoms with Crippen LogP contribution in [0.15, 0.2) is 69.4 Å². The van der Waals surface area contributed by atoms with E-state index in [-0.39, 0.29) is 27.9 Å². The van der Waals surface area contributed by atoms with E-state index in [1.54, 1.807) is 36.9 Å². The highest BCUT2D eigenvalue weighted by Crippen LogP contribution is 2.34. The summed E-state index contributed by atoms with van der Waals surface area (Å²) in [5.74, 6) is -0.943. The second kappa shape index (κ2) is 11.7. The first-order chi connectivity index (χ1) is 19.6. The van der Waals surface area contributed by atoms with Gasteiger partial charge in [-0.25, -0.2) is 14.6 Å². The Morgan fingerprint density at radius 1 is 1.05 bits per heavy atom. The van der Waals surface area contributed by atoms with E-state index in [1.165, 1.54) is 20.9 Å². The molecule has 1 aliphatic heterocycles. The third-order valence-corrected chi connectivity index (χ3v) is 9.33. The number of aromatic nitrogens is 2. The minimum absolute atomic E-state index is 0.104. The number of nitrogens with zero attached hydrogens (tertiary/aromatic N) is 4. The van der Waals surface area contributed by atoms with Crippen molar-refractivity contribution >= 4 is 80.7 Å². The number of thioether (sulfide) groups is 1. The van der Waals surface area contributed by atoms with Crippen LogP contribution in [0.3, 0.4) is 0 Å². The van der Waals surface area contributed by atoms with Crippen molar-refractivity contribution < 1.29 is 9.59 Å². The Bertz CT molecular complexity index is 1800. The Hall–Kier alpha value is -3.57. The summed E-state index contributed by atoms with van der Waals surface area (Å²) in [4.78, 5) is 47.4. The monoisotopic (exact) mass is 625 g/mol. The Morgan fingerprint density at radius 3 is 2.46 bits per heavy atom. The predicted octanol–water partition coefficient (Wildman–Crippen LogP) is 6.59. The maximum Gasteiger partial charge on any atom is 0.296 e. The van der Waals surface area contributed by atoms with Crippen molar-refractivity contribution in [3.8, 4) is 5.69 Å². The Labute approximate surface area is 254 Å². The Morgan fingerprint density at radius 2 is 1.78 bits per heavy atom. The molecule has 0 saturated heterocycles. The summed E-state index contributed by atoms with van der Waals surface area (Å²) in [6.45, 7) is 5.53. The number of thiophene rings is 1. The number of halogens is 2. The normalized spacial score (nSPS) is 14.2. The largest absolute Gasteiger partial charge is 0.323 e. The fourth-order valence-corrected chi connectivity index (χ4v) is 6.45. The van der Waals surface area contributed by atoms with Crippen molar-refractivity contribution in [2.24, 2.45) is 12.0 Å². The topological polar surface area (TPSA) is 88.7 Å². The number of hydrogen-bond donors (Lipinski definition) is 1. The van der Waals surface area contributed by atoms with Gasteiger partial charge in [0.2, 0.25) is 5.91 Å². The molecule has 0 spiro atoms. The highest BCUT2D eigenvalue weighted by atomic mass is 35.5. The predicted molar refractivity (Wildman–Crippen MR) is 170 cm³/mol. The molecule has 0 unspecified atom stereocenters. The summed E-state index contributed by atoms with van der Waals surface area (Å²) >= 11 is 15.2. The third-order valence-electron chi connectivity index (χ3n) is 6.63. The molecule has 12 heteroatoms. The van der Waals surface area contributed by atoms with Crippen LogP contribution in [0, 0.1) is 20.8 Å². The molecule has 8 nitrogen and oxygen atoms in total. The Balaban J connectivity index is 1.51. The number of hydrogen-bond acceptors (Lipinski definition) is 6. The molecule has 0 atom stereocenters. The summed E-state index contributed by atoms with van der Waals surface area (Å²) in [7, 11) is 1.76. The first-order valence-electron chi connectivity index (χ1n) is 12.5. The van der Waals surface area contributed by atoms with Gasteiger partial charge in [0, 0.05) is 11.9 Å². The van der Waals surface area contributed by atoms with Gasteiger partial charge < -0.3 is 5.32 Å². The fraction of sp³-hybridized carbons (Fsp3) is 0.172. The number of aryl methyl sites for hydroxylation is 2. The van der Waals surface area contributed by atoms with Crippen LogP contribution in [0.2, 0.25) is 10.0 Å². The maximum absolute atomic E-state index is 13.8. The van der Waals surface area contributed by atoms with E-state index in [4.69, 9.17) is 23.2 Å². The van der Waals surface area contributed by atoms with Gasteiger partial charge in [-0.15, -0.1) is 11.3 Å². The number of para-hydroxylation sites is 1. The third kappa shape index (κ3) is 5.52. The lowest BCUT2D eigenvalue weighted by atomic mass is 10.2. The van der Waals surface area contributed by atoms with E-state index in [1.807, 2.05) is 55.6 Å². The molecular weight excluding hydrogens is 601 g/mol. The Kier molecular flexibility index (Phi) is 8.28. The molecule has 41 heavy (non-hydrogen) atoms. The minimum Gasteiger partial charge on any atom is -0.323 e. The smallest absolute Gasteiger partial charge is 0.296 e. The second-order valence-corrected chi connectivity index (χ2v) is 12.0. The van der Waals surface area contributed by atoms with E-state index >= 15 is 0 Å². The average molecular weight is 627 g/mol. The van der Waals surface area contributed by atoms with Gasteiger partial charge in [-0.3, -0.25) is 19.1 Å². The van der Waals surface area contributed by atoms with Crippen molar-refractivity contribution in [1.29, 1.82) is 0 Å². The van der Waals surface area contributed by atoms with Crippen molar-refractivity contribution in [1.82, 2.24) is 9.36 Å². The lowest BCUT2D eigenvalue weighted by Gasteiger charge is -2.16. The number of aliphatic imine (C=N–C) groups is 1. The molecule has 1 aliphatic rings. The zero-order valence-electron chi connectivity index (χ0n) is 22.6. The summed E-state index contributed by atoms with van der Waals surface area (Å²) in [6.07, 6.45) is 1.71. The van der Waals surface area contributed by atoms with Gasteiger partial charge in [-0.1, -0.05) is 59.2 Å². The number of amides is 2. The van der Waals surface area contributed by atoms with Crippen molar-refractivity contribution in [2.45, 2.75) is 20.8 Å². The highest BCUT2D eigenvalue weighted by molar-refractivity contribution is 8.14. The van der Waals surface area contributed by atoms with Crippen LogP contribution in [0.5, 0.6) is 0 Å². The van der Waals surface area contributed by atoms with Crippen LogP contribution in [0.1, 0.15) is 21.7 Å². The molecule has 2 aromatic carbocycles. The molecule has 3 heterocycles. The number of nitrogens with one attached hydrogen (secondary N) is 1. The summed E-state index contributed by atoms with van der Waals surface area (Å²) < 4.78 is 3.20. The standard InChI is InChI=1S/C29H25Cl2N5O3S2/c1-16-12-13-40-22(16)14-21-27(38)35(26-18(3)34(4)36(28(26)39)19-8-6-5-7-9-19)29(32-21)41-15-23(37)33-25-20(30)11-10-17(2)24(25)31/h5-14H,15H2,1-4H3,(H,33,37)/b21-14+. The maximum atomic E-state index is 13.8. The first-order valence-corrected chi connectivity index (χ1v) is 15.1. The van der Waals surface area contributed by atoms with Crippen LogP contribution in [-0.4, -0.2) is 32.1 Å². The molecule has 2 aromatic heterocycles. The molecule has 0 radical (unpaired) electrons. The fourth-order valence-electron chi connectivity index (χ4n) is 4.34. The van der Waals surface area contributed by atoms with E-state index in [9.17, 15) is 14.4 Å². The minimum atomic E-state index is -0.448. The van der Waals surface area contributed by atoms with E-state index < -0.39 is 11.8 Å². The molecule has 0 saturated carbocycles. The molecule has 1 N–H and O–H groups in total. The van der Waals surface area contributed by atoms with Crippen LogP contribution in [0.25, 0.3) is 11.8 Å². The highest BCUT2D eigenvalue weighted by Gasteiger charge is 2.37. The summed E-state index contributed by atoms with van der Waals surface area (Å²) in [6, 6.07) is 14.5. The molecule has 0 bridgehead atoms. The summed E-state index contributed by atoms with van der Waals surface area (Å²) in [5, 5.41) is 5.57. The number of carbonyl (C=O) groups excluding carboxylic acids is 2. The van der Waals surface area contributed by atoms with Gasteiger partial charge in [0.25, 0.3) is 11.5 Å². The molecule has 0 aliphatic carbocycles. The van der Waals surface area contributed by atoms with E-state index in [0.717, 1.165) is 27.8 Å². The molecule has 0 fully saturated rings. The van der Waals surface area contributed by atoms with Crippen molar-refractivity contribution in [3.63, 3.8) is 0 Å². The molecule has 5 rings (SSSR count).